The van der Waals surface area contributed by atoms with Crippen LogP contribution in [0.4, 0.5) is 11.4 Å². The molecule has 0 radical (unpaired) electrons. The summed E-state index contributed by atoms with van der Waals surface area (Å²) in [7, 11) is 0. The Morgan fingerprint density at radius 3 is 2.73 bits per heavy atom. The highest BCUT2D eigenvalue weighted by Crippen LogP contribution is 2.36. The van der Waals surface area contributed by atoms with E-state index in [2.05, 4.69) is 10.3 Å². The number of esters is 1. The molecule has 0 saturated heterocycles. The maximum absolute atomic E-state index is 12.2. The molecule has 0 bridgehead atoms. The van der Waals surface area contributed by atoms with E-state index in [1.165, 1.54) is 17.4 Å². The van der Waals surface area contributed by atoms with Crippen molar-refractivity contribution >= 4 is 38.9 Å². The van der Waals surface area contributed by atoms with Crippen molar-refractivity contribution in [1.82, 2.24) is 4.98 Å². The van der Waals surface area contributed by atoms with Gasteiger partial charge in [0.15, 0.2) is 0 Å². The van der Waals surface area contributed by atoms with E-state index in [1.807, 2.05) is 30.3 Å². The molecule has 0 aliphatic carbocycles. The Morgan fingerprint density at radius 1 is 1.23 bits per heavy atom. The molecule has 2 N–H and O–H groups in total. The molecule has 0 unspecified atom stereocenters. The molecule has 0 spiro atoms. The van der Waals surface area contributed by atoms with Crippen LogP contribution in [0.2, 0.25) is 0 Å². The monoisotopic (exact) mass is 314 g/mol. The quantitative estimate of drug-likeness (QED) is 0.723. The smallest absolute Gasteiger partial charge is 0.350 e. The van der Waals surface area contributed by atoms with Crippen LogP contribution >= 0.6 is 11.3 Å². The van der Waals surface area contributed by atoms with Gasteiger partial charge < -0.3 is 15.0 Å². The molecular formula is C16H14N2O3S. The molecular weight excluding hydrogens is 300 g/mol. The highest BCUT2D eigenvalue weighted by Gasteiger charge is 2.20. The number of nitrogens with one attached hydrogen (secondary N) is 2. The molecule has 0 fully saturated rings. The van der Waals surface area contributed by atoms with Gasteiger partial charge >= 0.3 is 5.97 Å². The van der Waals surface area contributed by atoms with E-state index in [0.29, 0.717) is 22.0 Å². The fraction of sp³-hybridized carbons (Fsp3) is 0.125. The normalized spacial score (nSPS) is 10.6. The van der Waals surface area contributed by atoms with Gasteiger partial charge in [-0.2, -0.15) is 0 Å². The van der Waals surface area contributed by atoms with Crippen LogP contribution in [-0.4, -0.2) is 17.6 Å². The summed E-state index contributed by atoms with van der Waals surface area (Å²) in [6, 6.07) is 12.7. The molecule has 112 valence electrons. The van der Waals surface area contributed by atoms with Gasteiger partial charge in [-0.15, -0.1) is 11.3 Å². The lowest BCUT2D eigenvalue weighted by Crippen LogP contribution is -2.05. The number of thiophene rings is 1. The van der Waals surface area contributed by atoms with Gasteiger partial charge in [-0.1, -0.05) is 18.2 Å². The summed E-state index contributed by atoms with van der Waals surface area (Å²) in [4.78, 5) is 27.5. The molecule has 0 aliphatic rings. The molecule has 3 rings (SSSR count). The minimum atomic E-state index is -0.400. The Labute approximate surface area is 130 Å². The number of rotatable bonds is 4. The van der Waals surface area contributed by atoms with Crippen LogP contribution in [0.5, 0.6) is 0 Å². The fourth-order valence-corrected chi connectivity index (χ4v) is 3.18. The summed E-state index contributed by atoms with van der Waals surface area (Å²) >= 11 is 1.21. The Bertz CT molecular complexity index is 868. The van der Waals surface area contributed by atoms with Gasteiger partial charge in [0.2, 0.25) is 5.56 Å². The molecule has 3 aromatic rings. The van der Waals surface area contributed by atoms with E-state index in [4.69, 9.17) is 4.74 Å². The van der Waals surface area contributed by atoms with Gasteiger partial charge in [0, 0.05) is 17.1 Å². The molecule has 5 nitrogen and oxygen atoms in total. The third-order valence-electron chi connectivity index (χ3n) is 3.09. The van der Waals surface area contributed by atoms with Crippen LogP contribution in [0.3, 0.4) is 0 Å². The van der Waals surface area contributed by atoms with Gasteiger partial charge in [-0.3, -0.25) is 4.79 Å². The topological polar surface area (TPSA) is 71.2 Å². The molecule has 0 amide bonds. The summed E-state index contributed by atoms with van der Waals surface area (Å²) in [5, 5.41) is 4.03. The zero-order valence-electron chi connectivity index (χ0n) is 11.9. The number of aromatic amines is 1. The van der Waals surface area contributed by atoms with Crippen molar-refractivity contribution in [3.63, 3.8) is 0 Å². The lowest BCUT2D eigenvalue weighted by atomic mass is 10.2. The van der Waals surface area contributed by atoms with Crippen molar-refractivity contribution in [3.8, 4) is 0 Å². The molecule has 6 heteroatoms. The number of hydrogen-bond donors (Lipinski definition) is 2. The van der Waals surface area contributed by atoms with Gasteiger partial charge in [-0.05, 0) is 25.1 Å². The molecule has 0 saturated carbocycles. The number of H-pyrrole nitrogens is 1. The van der Waals surface area contributed by atoms with Gasteiger partial charge in [-0.25, -0.2) is 4.79 Å². The first kappa shape index (κ1) is 14.3. The number of aromatic nitrogens is 1. The summed E-state index contributed by atoms with van der Waals surface area (Å²) in [6.07, 6.45) is 0. The highest BCUT2D eigenvalue weighted by molar-refractivity contribution is 7.21. The average Bonchev–Trinajstić information content (AvgIpc) is 2.86. The first-order chi connectivity index (χ1) is 10.7. The van der Waals surface area contributed by atoms with Crippen LogP contribution < -0.4 is 10.9 Å². The first-order valence-electron chi connectivity index (χ1n) is 6.84. The minimum absolute atomic E-state index is 0.199. The maximum atomic E-state index is 12.2. The largest absolute Gasteiger partial charge is 0.462 e. The second kappa shape index (κ2) is 6.03. The third kappa shape index (κ3) is 2.73. The van der Waals surface area contributed by atoms with E-state index in [9.17, 15) is 9.59 Å². The van der Waals surface area contributed by atoms with E-state index in [-0.39, 0.29) is 5.56 Å². The number of para-hydroxylation sites is 1. The number of pyridine rings is 1. The SMILES string of the molecule is CCOC(=O)c1sc2[nH]c(=O)ccc2c1Nc1ccccc1. The van der Waals surface area contributed by atoms with Crippen LogP contribution in [0, 0.1) is 0 Å². The highest BCUT2D eigenvalue weighted by atomic mass is 32.1. The number of fused-ring (bicyclic) bond motifs is 1. The van der Waals surface area contributed by atoms with E-state index in [1.54, 1.807) is 13.0 Å². The second-order valence-electron chi connectivity index (χ2n) is 4.58. The molecule has 2 heterocycles. The van der Waals surface area contributed by atoms with Gasteiger partial charge in [0.05, 0.1) is 12.3 Å². The summed E-state index contributed by atoms with van der Waals surface area (Å²) < 4.78 is 5.11. The predicted molar refractivity (Wildman–Crippen MR) is 88.1 cm³/mol. The zero-order valence-corrected chi connectivity index (χ0v) is 12.7. The molecule has 0 aliphatic heterocycles. The summed E-state index contributed by atoms with van der Waals surface area (Å²) in [6.45, 7) is 2.06. The number of benzene rings is 1. The third-order valence-corrected chi connectivity index (χ3v) is 4.19. The standard InChI is InChI=1S/C16H14N2O3S/c1-2-21-16(20)14-13(17-10-6-4-3-5-7-10)11-8-9-12(19)18-15(11)22-14/h3-9,17H,2H2,1H3,(H,18,19). The average molecular weight is 314 g/mol. The number of carbonyl (C=O) groups is 1. The molecule has 0 atom stereocenters. The van der Waals surface area contributed by atoms with Gasteiger partial charge in [0.25, 0.3) is 0 Å². The van der Waals surface area contributed by atoms with Crippen molar-refractivity contribution < 1.29 is 9.53 Å². The molecule has 22 heavy (non-hydrogen) atoms. The van der Waals surface area contributed by atoms with Crippen LogP contribution in [-0.2, 0) is 4.74 Å². The van der Waals surface area contributed by atoms with E-state index < -0.39 is 5.97 Å². The van der Waals surface area contributed by atoms with Crippen LogP contribution in [0.1, 0.15) is 16.6 Å². The molecule has 1 aromatic carbocycles. The van der Waals surface area contributed by atoms with Crippen LogP contribution in [0.25, 0.3) is 10.2 Å². The lowest BCUT2D eigenvalue weighted by molar-refractivity contribution is 0.0533. The molecule has 2 aromatic heterocycles. The minimum Gasteiger partial charge on any atom is -0.462 e. The van der Waals surface area contributed by atoms with E-state index >= 15 is 0 Å². The number of hydrogen-bond acceptors (Lipinski definition) is 5. The number of anilines is 2. The fourth-order valence-electron chi connectivity index (χ4n) is 2.14. The van der Waals surface area contributed by atoms with Crippen molar-refractivity contribution in [2.45, 2.75) is 6.92 Å². The Kier molecular flexibility index (Phi) is 3.93. The summed E-state index contributed by atoms with van der Waals surface area (Å²) in [5.74, 6) is -0.400. The van der Waals surface area contributed by atoms with Crippen molar-refractivity contribution in [2.75, 3.05) is 11.9 Å². The maximum Gasteiger partial charge on any atom is 0.350 e. The Balaban J connectivity index is 2.14. The summed E-state index contributed by atoms with van der Waals surface area (Å²) in [5.41, 5.74) is 1.32. The number of carbonyl (C=O) groups excluding carboxylic acids is 1. The lowest BCUT2D eigenvalue weighted by Gasteiger charge is -2.08. The first-order valence-corrected chi connectivity index (χ1v) is 7.65. The second-order valence-corrected chi connectivity index (χ2v) is 5.60. The van der Waals surface area contributed by atoms with Gasteiger partial charge in [0.1, 0.15) is 9.71 Å². The zero-order chi connectivity index (χ0) is 15.5. The van der Waals surface area contributed by atoms with Crippen molar-refractivity contribution in [2.24, 2.45) is 0 Å². The van der Waals surface area contributed by atoms with Crippen LogP contribution in [0.15, 0.2) is 47.3 Å². The van der Waals surface area contributed by atoms with Crippen molar-refractivity contribution in [3.05, 3.63) is 57.7 Å². The number of ether oxygens (including phenoxy) is 1. The van der Waals surface area contributed by atoms with Crippen molar-refractivity contribution in [1.29, 1.82) is 0 Å². The Hall–Kier alpha value is -2.60. The predicted octanol–water partition coefficient (Wildman–Crippen LogP) is 3.51. The Morgan fingerprint density at radius 2 is 2.00 bits per heavy atom. The van der Waals surface area contributed by atoms with E-state index in [0.717, 1.165) is 11.1 Å².